The van der Waals surface area contributed by atoms with Crippen LogP contribution >= 0.6 is 11.3 Å². The summed E-state index contributed by atoms with van der Waals surface area (Å²) in [5.41, 5.74) is 0.584. The number of hydrogen-bond donors (Lipinski definition) is 1. The molecule has 1 N–H and O–H groups in total. The van der Waals surface area contributed by atoms with Crippen molar-refractivity contribution < 1.29 is 13.6 Å². The smallest absolute Gasteiger partial charge is 0.349 e. The Morgan fingerprint density at radius 1 is 1.15 bits per heavy atom. The average molecular weight is 380 g/mol. The summed E-state index contributed by atoms with van der Waals surface area (Å²) < 4.78 is 18.2. The number of nitrogens with one attached hydrogen (secondary N) is 1. The van der Waals surface area contributed by atoms with Crippen LogP contribution in [0.15, 0.2) is 70.0 Å². The predicted molar refractivity (Wildman–Crippen MR) is 102 cm³/mol. The lowest BCUT2D eigenvalue weighted by atomic mass is 10.1. The van der Waals surface area contributed by atoms with Gasteiger partial charge in [0.25, 0.3) is 5.91 Å². The van der Waals surface area contributed by atoms with Crippen molar-refractivity contribution in [3.8, 4) is 0 Å². The molecular formula is C20H13FN2O3S. The first-order valence-corrected chi connectivity index (χ1v) is 8.93. The van der Waals surface area contributed by atoms with E-state index in [0.29, 0.717) is 22.5 Å². The maximum Gasteiger partial charge on any atom is 0.349 e. The van der Waals surface area contributed by atoms with Crippen LogP contribution in [0.25, 0.3) is 11.0 Å². The van der Waals surface area contributed by atoms with E-state index in [1.807, 2.05) is 0 Å². The Balaban J connectivity index is 1.52. The standard InChI is InChI=1S/C20H13FN2O3S/c21-14-7-5-12(6-8-14)9-15-11-22-20(27-15)23-18(24)16-10-13-3-1-2-4-17(13)26-19(16)25/h1-8,10-11H,9H2,(H,22,23,24). The molecule has 0 atom stereocenters. The molecule has 0 bridgehead atoms. The van der Waals surface area contributed by atoms with Crippen LogP contribution in [0.1, 0.15) is 20.8 Å². The van der Waals surface area contributed by atoms with E-state index >= 15 is 0 Å². The molecule has 2 aromatic carbocycles. The third-order valence-electron chi connectivity index (χ3n) is 3.95. The van der Waals surface area contributed by atoms with E-state index in [0.717, 1.165) is 10.4 Å². The van der Waals surface area contributed by atoms with Crippen molar-refractivity contribution in [3.05, 3.63) is 93.0 Å². The maximum absolute atomic E-state index is 13.0. The van der Waals surface area contributed by atoms with Gasteiger partial charge in [-0.1, -0.05) is 30.3 Å². The fraction of sp³-hybridized carbons (Fsp3) is 0.0500. The molecule has 4 rings (SSSR count). The van der Waals surface area contributed by atoms with Gasteiger partial charge in [0.15, 0.2) is 5.13 Å². The molecule has 2 heterocycles. The summed E-state index contributed by atoms with van der Waals surface area (Å²) in [6, 6.07) is 14.7. The summed E-state index contributed by atoms with van der Waals surface area (Å²) in [5.74, 6) is -0.859. The molecule has 0 saturated carbocycles. The van der Waals surface area contributed by atoms with Gasteiger partial charge in [0.2, 0.25) is 0 Å². The Morgan fingerprint density at radius 3 is 2.74 bits per heavy atom. The number of anilines is 1. The number of benzene rings is 2. The van der Waals surface area contributed by atoms with E-state index in [1.54, 1.807) is 42.6 Å². The van der Waals surface area contributed by atoms with E-state index < -0.39 is 11.5 Å². The van der Waals surface area contributed by atoms with Crippen molar-refractivity contribution in [2.24, 2.45) is 0 Å². The molecule has 1 amide bonds. The second-order valence-electron chi connectivity index (χ2n) is 5.87. The van der Waals surface area contributed by atoms with Crippen LogP contribution in [-0.2, 0) is 6.42 Å². The summed E-state index contributed by atoms with van der Waals surface area (Å²) in [7, 11) is 0. The zero-order valence-corrected chi connectivity index (χ0v) is 14.8. The summed E-state index contributed by atoms with van der Waals surface area (Å²) in [5, 5.41) is 3.67. The van der Waals surface area contributed by atoms with Gasteiger partial charge in [0.1, 0.15) is 17.0 Å². The van der Waals surface area contributed by atoms with Gasteiger partial charge in [-0.05, 0) is 29.8 Å². The number of aromatic nitrogens is 1. The number of carbonyl (C=O) groups is 1. The largest absolute Gasteiger partial charge is 0.422 e. The first-order chi connectivity index (χ1) is 13.1. The topological polar surface area (TPSA) is 72.2 Å². The Morgan fingerprint density at radius 2 is 1.93 bits per heavy atom. The lowest BCUT2D eigenvalue weighted by Crippen LogP contribution is -2.20. The molecular weight excluding hydrogens is 367 g/mol. The normalized spacial score (nSPS) is 10.9. The zero-order valence-electron chi connectivity index (χ0n) is 13.9. The van der Waals surface area contributed by atoms with Gasteiger partial charge in [-0.25, -0.2) is 14.2 Å². The molecule has 134 valence electrons. The van der Waals surface area contributed by atoms with Crippen LogP contribution in [0, 0.1) is 5.82 Å². The molecule has 27 heavy (non-hydrogen) atoms. The highest BCUT2D eigenvalue weighted by Crippen LogP contribution is 2.22. The number of fused-ring (bicyclic) bond motifs is 1. The first-order valence-electron chi connectivity index (χ1n) is 8.12. The van der Waals surface area contributed by atoms with Gasteiger partial charge in [0.05, 0.1) is 0 Å². The molecule has 0 fully saturated rings. The summed E-state index contributed by atoms with van der Waals surface area (Å²) in [4.78, 5) is 29.6. The molecule has 2 aromatic heterocycles. The minimum atomic E-state index is -0.700. The van der Waals surface area contributed by atoms with Gasteiger partial charge < -0.3 is 4.42 Å². The van der Waals surface area contributed by atoms with Gasteiger partial charge in [-0.15, -0.1) is 11.3 Å². The lowest BCUT2D eigenvalue weighted by Gasteiger charge is -2.02. The molecule has 0 aliphatic rings. The number of carbonyl (C=O) groups excluding carboxylic acids is 1. The molecule has 0 unspecified atom stereocenters. The average Bonchev–Trinajstić information content (AvgIpc) is 3.09. The minimum absolute atomic E-state index is 0.0796. The van der Waals surface area contributed by atoms with Gasteiger partial charge in [-0.3, -0.25) is 10.1 Å². The quantitative estimate of drug-likeness (QED) is 0.538. The van der Waals surface area contributed by atoms with E-state index in [9.17, 15) is 14.0 Å². The zero-order chi connectivity index (χ0) is 18.8. The van der Waals surface area contributed by atoms with Crippen LogP contribution in [-0.4, -0.2) is 10.9 Å². The van der Waals surface area contributed by atoms with Crippen molar-refractivity contribution in [2.75, 3.05) is 5.32 Å². The number of amides is 1. The Labute approximate surface area is 157 Å². The van der Waals surface area contributed by atoms with Crippen molar-refractivity contribution in [1.29, 1.82) is 0 Å². The van der Waals surface area contributed by atoms with E-state index in [4.69, 9.17) is 4.42 Å². The highest BCUT2D eigenvalue weighted by Gasteiger charge is 2.15. The molecule has 0 spiro atoms. The SMILES string of the molecule is O=C(Nc1ncc(Cc2ccc(F)cc2)s1)c1cc2ccccc2oc1=O. The minimum Gasteiger partial charge on any atom is -0.422 e. The molecule has 0 aliphatic heterocycles. The van der Waals surface area contributed by atoms with E-state index in [2.05, 4.69) is 10.3 Å². The number of nitrogens with zero attached hydrogens (tertiary/aromatic N) is 1. The first kappa shape index (κ1) is 17.1. The Hall–Kier alpha value is -3.32. The van der Waals surface area contributed by atoms with Crippen LogP contribution < -0.4 is 10.9 Å². The summed E-state index contributed by atoms with van der Waals surface area (Å²) in [6.07, 6.45) is 2.22. The summed E-state index contributed by atoms with van der Waals surface area (Å²) >= 11 is 1.29. The molecule has 4 aromatic rings. The maximum atomic E-state index is 13.0. The Kier molecular flexibility index (Phi) is 4.52. The Bertz CT molecular complexity index is 1180. The van der Waals surface area contributed by atoms with Gasteiger partial charge in [-0.2, -0.15) is 0 Å². The number of halogens is 1. The molecule has 7 heteroatoms. The number of thiazole rings is 1. The van der Waals surface area contributed by atoms with Crippen LogP contribution in [0.3, 0.4) is 0 Å². The van der Waals surface area contributed by atoms with Crippen LogP contribution in [0.4, 0.5) is 9.52 Å². The number of para-hydroxylation sites is 1. The van der Waals surface area contributed by atoms with Crippen molar-refractivity contribution in [3.63, 3.8) is 0 Å². The lowest BCUT2D eigenvalue weighted by molar-refractivity contribution is 0.102. The second kappa shape index (κ2) is 7.13. The van der Waals surface area contributed by atoms with Gasteiger partial charge >= 0.3 is 5.63 Å². The molecule has 0 aliphatic carbocycles. The fourth-order valence-corrected chi connectivity index (χ4v) is 3.48. The van der Waals surface area contributed by atoms with Gasteiger partial charge in [0, 0.05) is 22.9 Å². The highest BCUT2D eigenvalue weighted by molar-refractivity contribution is 7.15. The molecule has 0 saturated heterocycles. The predicted octanol–water partition coefficient (Wildman–Crippen LogP) is 4.23. The van der Waals surface area contributed by atoms with Crippen molar-refractivity contribution in [1.82, 2.24) is 4.98 Å². The second-order valence-corrected chi connectivity index (χ2v) is 6.99. The van der Waals surface area contributed by atoms with E-state index in [1.165, 1.54) is 29.5 Å². The fourth-order valence-electron chi connectivity index (χ4n) is 2.64. The van der Waals surface area contributed by atoms with Crippen LogP contribution in [0.5, 0.6) is 0 Å². The third-order valence-corrected chi connectivity index (χ3v) is 4.86. The molecule has 0 radical (unpaired) electrons. The third kappa shape index (κ3) is 3.78. The highest BCUT2D eigenvalue weighted by atomic mass is 32.1. The van der Waals surface area contributed by atoms with E-state index in [-0.39, 0.29) is 11.4 Å². The molecule has 5 nitrogen and oxygen atoms in total. The monoisotopic (exact) mass is 380 g/mol. The van der Waals surface area contributed by atoms with Crippen molar-refractivity contribution in [2.45, 2.75) is 6.42 Å². The number of rotatable bonds is 4. The van der Waals surface area contributed by atoms with Crippen molar-refractivity contribution >= 4 is 33.3 Å². The summed E-state index contributed by atoms with van der Waals surface area (Å²) in [6.45, 7) is 0. The number of hydrogen-bond acceptors (Lipinski definition) is 5. The van der Waals surface area contributed by atoms with Crippen LogP contribution in [0.2, 0.25) is 0 Å².